The summed E-state index contributed by atoms with van der Waals surface area (Å²) in [5, 5.41) is 11.6. The van der Waals surface area contributed by atoms with E-state index < -0.39 is 0 Å². The van der Waals surface area contributed by atoms with Crippen LogP contribution in [0, 0.1) is 0 Å². The number of nitrogens with zero attached hydrogens (tertiary/aromatic N) is 4. The van der Waals surface area contributed by atoms with Gasteiger partial charge in [-0.25, -0.2) is 4.68 Å². The lowest BCUT2D eigenvalue weighted by Crippen LogP contribution is -2.00. The van der Waals surface area contributed by atoms with Crippen molar-refractivity contribution >= 4 is 34.4 Å². The molecule has 0 amide bonds. The van der Waals surface area contributed by atoms with Crippen LogP contribution >= 0.6 is 11.3 Å². The predicted octanol–water partition coefficient (Wildman–Crippen LogP) is 4.69. The number of pyridine rings is 1. The summed E-state index contributed by atoms with van der Waals surface area (Å²) in [7, 11) is 0. The second kappa shape index (κ2) is 8.37. The molecule has 0 saturated carbocycles. The summed E-state index contributed by atoms with van der Waals surface area (Å²) in [6, 6.07) is 20.1. The number of hydrogen-bond acceptors (Lipinski definition) is 7. The molecule has 152 valence electrons. The van der Waals surface area contributed by atoms with E-state index in [-0.39, 0.29) is 5.88 Å². The Morgan fingerprint density at radius 3 is 2.81 bits per heavy atom. The standard InChI is InChI=1S/C23H17N5O2S/c29-15-30-21-14-31-23(26-21)28-20-11-18(25-13-16-5-4-10-24-12-16)8-9-19(20)22(27-28)17-6-2-1-3-7-17/h1-12,14-15,25H,13H2. The molecule has 5 rings (SSSR count). The fourth-order valence-corrected chi connectivity index (χ4v) is 4.03. The van der Waals surface area contributed by atoms with Gasteiger partial charge < -0.3 is 10.1 Å². The third-order valence-corrected chi connectivity index (χ3v) is 5.56. The molecule has 0 unspecified atom stereocenters. The summed E-state index contributed by atoms with van der Waals surface area (Å²) < 4.78 is 6.67. The topological polar surface area (TPSA) is 81.9 Å². The van der Waals surface area contributed by atoms with Crippen LogP contribution < -0.4 is 10.1 Å². The van der Waals surface area contributed by atoms with Gasteiger partial charge in [0, 0.05) is 35.6 Å². The molecule has 0 spiro atoms. The quantitative estimate of drug-likeness (QED) is 0.380. The smallest absolute Gasteiger partial charge is 0.299 e. The zero-order valence-electron chi connectivity index (χ0n) is 16.3. The van der Waals surface area contributed by atoms with Crippen LogP contribution in [0.3, 0.4) is 0 Å². The lowest BCUT2D eigenvalue weighted by atomic mass is 10.1. The van der Waals surface area contributed by atoms with Crippen LogP contribution in [0.1, 0.15) is 5.56 Å². The first kappa shape index (κ1) is 19.0. The zero-order chi connectivity index (χ0) is 21.0. The maximum absolute atomic E-state index is 10.7. The molecule has 0 saturated heterocycles. The van der Waals surface area contributed by atoms with E-state index in [0.717, 1.165) is 33.4 Å². The number of hydrogen-bond donors (Lipinski definition) is 1. The van der Waals surface area contributed by atoms with Crippen LogP contribution in [-0.4, -0.2) is 26.2 Å². The molecule has 1 N–H and O–H groups in total. The number of carbonyl (C=O) groups is 1. The largest absolute Gasteiger partial charge is 0.409 e. The summed E-state index contributed by atoms with van der Waals surface area (Å²) in [5.74, 6) is 0.255. The molecule has 31 heavy (non-hydrogen) atoms. The highest BCUT2D eigenvalue weighted by atomic mass is 32.1. The summed E-state index contributed by atoms with van der Waals surface area (Å²) in [5.41, 5.74) is 4.84. The van der Waals surface area contributed by atoms with Crippen molar-refractivity contribution in [2.24, 2.45) is 0 Å². The monoisotopic (exact) mass is 427 g/mol. The Morgan fingerprint density at radius 2 is 2.00 bits per heavy atom. The van der Waals surface area contributed by atoms with Crippen LogP contribution in [0.25, 0.3) is 27.3 Å². The SMILES string of the molecule is O=COc1csc(-n2nc(-c3ccccc3)c3ccc(NCc4cccnc4)cc32)n1. The molecule has 5 aromatic rings. The van der Waals surface area contributed by atoms with Gasteiger partial charge in [-0.1, -0.05) is 47.7 Å². The van der Waals surface area contributed by atoms with Crippen molar-refractivity contribution in [3.63, 3.8) is 0 Å². The van der Waals surface area contributed by atoms with E-state index in [1.165, 1.54) is 11.3 Å². The van der Waals surface area contributed by atoms with Crippen LogP contribution in [-0.2, 0) is 11.3 Å². The van der Waals surface area contributed by atoms with Crippen molar-refractivity contribution in [3.8, 4) is 22.3 Å². The van der Waals surface area contributed by atoms with E-state index in [9.17, 15) is 4.79 Å². The first-order chi connectivity index (χ1) is 15.3. The summed E-state index contributed by atoms with van der Waals surface area (Å²) in [6.07, 6.45) is 3.60. The number of carbonyl (C=O) groups excluding carboxylic acids is 1. The third kappa shape index (κ3) is 3.88. The number of rotatable bonds is 7. The van der Waals surface area contributed by atoms with Crippen LogP contribution in [0.2, 0.25) is 0 Å². The Bertz CT molecular complexity index is 1330. The number of nitrogens with one attached hydrogen (secondary N) is 1. The van der Waals surface area contributed by atoms with Gasteiger partial charge in [0.1, 0.15) is 5.69 Å². The molecule has 0 aliphatic rings. The minimum absolute atomic E-state index is 0.255. The molecule has 8 heteroatoms. The minimum atomic E-state index is 0.255. The second-order valence-corrected chi connectivity index (χ2v) is 7.59. The van der Waals surface area contributed by atoms with E-state index in [1.807, 2.05) is 60.8 Å². The molecule has 0 fully saturated rings. The second-order valence-electron chi connectivity index (χ2n) is 6.76. The minimum Gasteiger partial charge on any atom is -0.409 e. The van der Waals surface area contributed by atoms with Gasteiger partial charge in [-0.3, -0.25) is 9.78 Å². The van der Waals surface area contributed by atoms with Gasteiger partial charge in [0.25, 0.3) is 6.47 Å². The number of benzene rings is 2. The van der Waals surface area contributed by atoms with Crippen molar-refractivity contribution < 1.29 is 9.53 Å². The van der Waals surface area contributed by atoms with Gasteiger partial charge in [-0.2, -0.15) is 10.1 Å². The van der Waals surface area contributed by atoms with E-state index in [2.05, 4.69) is 21.4 Å². The average Bonchev–Trinajstić information content (AvgIpc) is 3.43. The van der Waals surface area contributed by atoms with E-state index >= 15 is 0 Å². The molecule has 2 aromatic carbocycles. The molecule has 3 heterocycles. The third-order valence-electron chi connectivity index (χ3n) is 4.77. The Hall–Kier alpha value is -4.04. The molecule has 0 bridgehead atoms. The molecule has 7 nitrogen and oxygen atoms in total. The fraction of sp³-hybridized carbons (Fsp3) is 0.0435. The first-order valence-electron chi connectivity index (χ1n) is 9.59. The van der Waals surface area contributed by atoms with Crippen LogP contribution in [0.15, 0.2) is 78.4 Å². The summed E-state index contributed by atoms with van der Waals surface area (Å²) in [4.78, 5) is 19.2. The first-order valence-corrected chi connectivity index (χ1v) is 10.5. The van der Waals surface area contributed by atoms with Crippen LogP contribution in [0.4, 0.5) is 5.69 Å². The Balaban J connectivity index is 1.58. The highest BCUT2D eigenvalue weighted by molar-refractivity contribution is 7.12. The van der Waals surface area contributed by atoms with Gasteiger partial charge in [-0.15, -0.1) is 0 Å². The van der Waals surface area contributed by atoms with Crippen molar-refractivity contribution in [3.05, 3.63) is 84.0 Å². The summed E-state index contributed by atoms with van der Waals surface area (Å²) in [6.45, 7) is 1.03. The van der Waals surface area contributed by atoms with Gasteiger partial charge in [0.2, 0.25) is 11.0 Å². The van der Waals surface area contributed by atoms with Gasteiger partial charge >= 0.3 is 0 Å². The molecule has 0 radical (unpaired) electrons. The Morgan fingerprint density at radius 1 is 1.10 bits per heavy atom. The molecular weight excluding hydrogens is 410 g/mol. The number of fused-ring (bicyclic) bond motifs is 1. The number of anilines is 1. The van der Waals surface area contributed by atoms with Crippen molar-refractivity contribution in [2.45, 2.75) is 6.54 Å². The number of ether oxygens (including phenoxy) is 1. The van der Waals surface area contributed by atoms with Gasteiger partial charge in [-0.05, 0) is 29.8 Å². The number of aromatic nitrogens is 4. The van der Waals surface area contributed by atoms with Crippen molar-refractivity contribution in [1.82, 2.24) is 19.7 Å². The maximum atomic E-state index is 10.7. The zero-order valence-corrected chi connectivity index (χ0v) is 17.1. The van der Waals surface area contributed by atoms with E-state index in [1.54, 1.807) is 16.3 Å². The van der Waals surface area contributed by atoms with Crippen molar-refractivity contribution in [2.75, 3.05) is 5.32 Å². The highest BCUT2D eigenvalue weighted by Crippen LogP contribution is 2.33. The van der Waals surface area contributed by atoms with Crippen molar-refractivity contribution in [1.29, 1.82) is 0 Å². The average molecular weight is 427 g/mol. The molecule has 3 aromatic heterocycles. The summed E-state index contributed by atoms with van der Waals surface area (Å²) >= 11 is 1.36. The Kier molecular flexibility index (Phi) is 5.12. The highest BCUT2D eigenvalue weighted by Gasteiger charge is 2.16. The molecule has 0 atom stereocenters. The lowest BCUT2D eigenvalue weighted by Gasteiger charge is -2.07. The van der Waals surface area contributed by atoms with E-state index in [0.29, 0.717) is 18.1 Å². The lowest BCUT2D eigenvalue weighted by molar-refractivity contribution is -0.120. The van der Waals surface area contributed by atoms with Gasteiger partial charge in [0.15, 0.2) is 0 Å². The van der Waals surface area contributed by atoms with Crippen LogP contribution in [0.5, 0.6) is 5.88 Å². The normalized spacial score (nSPS) is 10.8. The molecule has 0 aliphatic heterocycles. The fourth-order valence-electron chi connectivity index (χ4n) is 3.34. The maximum Gasteiger partial charge on any atom is 0.299 e. The van der Waals surface area contributed by atoms with Gasteiger partial charge in [0.05, 0.1) is 10.9 Å². The Labute approximate surface area is 182 Å². The number of thiazole rings is 1. The molecular formula is C23H17N5O2S. The predicted molar refractivity (Wildman–Crippen MR) is 120 cm³/mol. The van der Waals surface area contributed by atoms with E-state index in [4.69, 9.17) is 9.84 Å². The molecule has 0 aliphatic carbocycles.